The number of hydrogen-bond donors (Lipinski definition) is 1. The van der Waals surface area contributed by atoms with Gasteiger partial charge in [-0.3, -0.25) is 4.79 Å². The smallest absolute Gasteiger partial charge is 0.227 e. The van der Waals surface area contributed by atoms with Gasteiger partial charge in [0.25, 0.3) is 0 Å². The summed E-state index contributed by atoms with van der Waals surface area (Å²) >= 11 is 3.51. The zero-order valence-electron chi connectivity index (χ0n) is 12.8. The number of benzene rings is 1. The lowest BCUT2D eigenvalue weighted by Gasteiger charge is -2.28. The molecule has 0 aliphatic heterocycles. The molecular formula is C16H25BrN2O. The predicted molar refractivity (Wildman–Crippen MR) is 87.2 cm³/mol. The lowest BCUT2D eigenvalue weighted by Crippen LogP contribution is -2.38. The second-order valence-corrected chi connectivity index (χ2v) is 7.34. The SMILES string of the molecule is CN(Cc1ccccc1Br)C(=O)C(CN)CC(C)(C)C. The van der Waals surface area contributed by atoms with Gasteiger partial charge in [0.05, 0.1) is 5.92 Å². The number of amides is 1. The first-order chi connectivity index (χ1) is 9.24. The summed E-state index contributed by atoms with van der Waals surface area (Å²) in [6, 6.07) is 7.96. The molecule has 1 aromatic rings. The van der Waals surface area contributed by atoms with Gasteiger partial charge in [0.15, 0.2) is 0 Å². The van der Waals surface area contributed by atoms with Crippen LogP contribution in [0.25, 0.3) is 0 Å². The molecule has 112 valence electrons. The molecule has 20 heavy (non-hydrogen) atoms. The Morgan fingerprint density at radius 3 is 2.45 bits per heavy atom. The summed E-state index contributed by atoms with van der Waals surface area (Å²) in [6.07, 6.45) is 0.808. The highest BCUT2D eigenvalue weighted by molar-refractivity contribution is 9.10. The second kappa shape index (κ2) is 7.23. The van der Waals surface area contributed by atoms with E-state index in [4.69, 9.17) is 5.73 Å². The van der Waals surface area contributed by atoms with E-state index in [0.29, 0.717) is 13.1 Å². The van der Waals surface area contributed by atoms with Crippen LogP contribution in [0.3, 0.4) is 0 Å². The van der Waals surface area contributed by atoms with Crippen LogP contribution in [-0.2, 0) is 11.3 Å². The number of hydrogen-bond acceptors (Lipinski definition) is 2. The molecule has 1 aromatic carbocycles. The number of carbonyl (C=O) groups excluding carboxylic acids is 1. The fraction of sp³-hybridized carbons (Fsp3) is 0.562. The van der Waals surface area contributed by atoms with E-state index in [0.717, 1.165) is 16.5 Å². The van der Waals surface area contributed by atoms with Crippen molar-refractivity contribution in [2.75, 3.05) is 13.6 Å². The molecule has 0 saturated heterocycles. The van der Waals surface area contributed by atoms with Crippen molar-refractivity contribution < 1.29 is 4.79 Å². The van der Waals surface area contributed by atoms with Crippen molar-refractivity contribution in [1.82, 2.24) is 4.90 Å². The highest BCUT2D eigenvalue weighted by atomic mass is 79.9. The summed E-state index contributed by atoms with van der Waals surface area (Å²) in [4.78, 5) is 14.3. The number of nitrogens with zero attached hydrogens (tertiary/aromatic N) is 1. The largest absolute Gasteiger partial charge is 0.341 e. The van der Waals surface area contributed by atoms with Crippen LogP contribution >= 0.6 is 15.9 Å². The van der Waals surface area contributed by atoms with Gasteiger partial charge in [-0.05, 0) is 23.5 Å². The van der Waals surface area contributed by atoms with Crippen molar-refractivity contribution in [3.05, 3.63) is 34.3 Å². The zero-order valence-corrected chi connectivity index (χ0v) is 14.4. The molecule has 1 atom stereocenters. The van der Waals surface area contributed by atoms with Crippen LogP contribution in [0.4, 0.5) is 0 Å². The van der Waals surface area contributed by atoms with Crippen molar-refractivity contribution in [2.45, 2.75) is 33.7 Å². The first-order valence-corrected chi connectivity index (χ1v) is 7.72. The zero-order chi connectivity index (χ0) is 15.3. The van der Waals surface area contributed by atoms with Crippen molar-refractivity contribution in [1.29, 1.82) is 0 Å². The minimum atomic E-state index is -0.109. The third kappa shape index (κ3) is 5.25. The maximum Gasteiger partial charge on any atom is 0.227 e. The number of carbonyl (C=O) groups is 1. The van der Waals surface area contributed by atoms with Gasteiger partial charge in [-0.25, -0.2) is 0 Å². The number of nitrogens with two attached hydrogens (primary N) is 1. The topological polar surface area (TPSA) is 46.3 Å². The molecule has 2 N–H and O–H groups in total. The highest BCUT2D eigenvalue weighted by Crippen LogP contribution is 2.26. The lowest BCUT2D eigenvalue weighted by atomic mass is 9.84. The summed E-state index contributed by atoms with van der Waals surface area (Å²) in [7, 11) is 1.84. The molecule has 0 aromatic heterocycles. The van der Waals surface area contributed by atoms with Gasteiger partial charge in [-0.15, -0.1) is 0 Å². The highest BCUT2D eigenvalue weighted by Gasteiger charge is 2.26. The molecule has 1 rings (SSSR count). The molecule has 0 radical (unpaired) electrons. The Kier molecular flexibility index (Phi) is 6.21. The average molecular weight is 341 g/mol. The minimum absolute atomic E-state index is 0.105. The number of rotatable bonds is 5. The van der Waals surface area contributed by atoms with Crippen LogP contribution in [-0.4, -0.2) is 24.4 Å². The third-order valence-electron chi connectivity index (χ3n) is 3.23. The van der Waals surface area contributed by atoms with Crippen LogP contribution in [0.5, 0.6) is 0 Å². The summed E-state index contributed by atoms with van der Waals surface area (Å²) in [5, 5.41) is 0. The standard InChI is InChI=1S/C16H25BrN2O/c1-16(2,3)9-13(10-18)15(20)19(4)11-12-7-5-6-8-14(12)17/h5-8,13H,9-11,18H2,1-4H3. The van der Waals surface area contributed by atoms with Crippen molar-refractivity contribution >= 4 is 21.8 Å². The van der Waals surface area contributed by atoms with Gasteiger partial charge in [-0.2, -0.15) is 0 Å². The van der Waals surface area contributed by atoms with Crippen molar-refractivity contribution in [3.8, 4) is 0 Å². The molecule has 0 aliphatic rings. The van der Waals surface area contributed by atoms with Crippen molar-refractivity contribution in [3.63, 3.8) is 0 Å². The van der Waals surface area contributed by atoms with Gasteiger partial charge in [0.1, 0.15) is 0 Å². The summed E-state index contributed by atoms with van der Waals surface area (Å²) in [5.41, 5.74) is 7.00. The van der Waals surface area contributed by atoms with E-state index in [9.17, 15) is 4.79 Å². The first kappa shape index (κ1) is 17.2. The Balaban J connectivity index is 2.73. The average Bonchev–Trinajstić information content (AvgIpc) is 2.36. The fourth-order valence-corrected chi connectivity index (χ4v) is 2.69. The summed E-state index contributed by atoms with van der Waals surface area (Å²) in [5.74, 6) is 0.0145. The molecular weight excluding hydrogens is 316 g/mol. The van der Waals surface area contributed by atoms with Gasteiger partial charge >= 0.3 is 0 Å². The molecule has 1 amide bonds. The van der Waals surface area contributed by atoms with E-state index < -0.39 is 0 Å². The molecule has 0 heterocycles. The normalized spacial score (nSPS) is 13.1. The lowest BCUT2D eigenvalue weighted by molar-refractivity contribution is -0.135. The van der Waals surface area contributed by atoms with E-state index in [2.05, 4.69) is 36.7 Å². The van der Waals surface area contributed by atoms with Gasteiger partial charge in [-0.1, -0.05) is 54.9 Å². The van der Waals surface area contributed by atoms with E-state index >= 15 is 0 Å². The molecule has 0 aliphatic carbocycles. The van der Waals surface area contributed by atoms with Gasteiger partial charge in [0.2, 0.25) is 5.91 Å². The Bertz CT molecular complexity index is 454. The Hall–Kier alpha value is -0.870. The Morgan fingerprint density at radius 1 is 1.35 bits per heavy atom. The molecule has 0 saturated carbocycles. The van der Waals surface area contributed by atoms with Gasteiger partial charge < -0.3 is 10.6 Å². The van der Waals surface area contributed by atoms with Crippen LogP contribution in [0.15, 0.2) is 28.7 Å². The van der Waals surface area contributed by atoms with Crippen molar-refractivity contribution in [2.24, 2.45) is 17.1 Å². The molecule has 0 spiro atoms. The molecule has 0 fully saturated rings. The monoisotopic (exact) mass is 340 g/mol. The summed E-state index contributed by atoms with van der Waals surface area (Å²) < 4.78 is 1.03. The van der Waals surface area contributed by atoms with Crippen LogP contribution in [0.1, 0.15) is 32.8 Å². The predicted octanol–water partition coefficient (Wildman–Crippen LogP) is 3.42. The first-order valence-electron chi connectivity index (χ1n) is 6.93. The van der Waals surface area contributed by atoms with E-state index in [1.165, 1.54) is 0 Å². The molecule has 3 nitrogen and oxygen atoms in total. The second-order valence-electron chi connectivity index (χ2n) is 6.48. The van der Waals surface area contributed by atoms with E-state index in [-0.39, 0.29) is 17.2 Å². The van der Waals surface area contributed by atoms with Gasteiger partial charge in [0, 0.05) is 24.6 Å². The fourth-order valence-electron chi connectivity index (χ4n) is 2.28. The van der Waals surface area contributed by atoms with Crippen LogP contribution < -0.4 is 5.73 Å². The third-order valence-corrected chi connectivity index (χ3v) is 4.01. The minimum Gasteiger partial charge on any atom is -0.341 e. The maximum absolute atomic E-state index is 12.5. The van der Waals surface area contributed by atoms with E-state index in [1.54, 1.807) is 4.90 Å². The Labute approximate surface area is 130 Å². The Morgan fingerprint density at radius 2 is 1.95 bits per heavy atom. The number of halogens is 1. The van der Waals surface area contributed by atoms with Crippen LogP contribution in [0.2, 0.25) is 0 Å². The molecule has 0 bridgehead atoms. The molecule has 4 heteroatoms. The quantitative estimate of drug-likeness (QED) is 0.892. The molecule has 1 unspecified atom stereocenters. The maximum atomic E-state index is 12.5. The summed E-state index contributed by atoms with van der Waals surface area (Å²) in [6.45, 7) is 7.40. The van der Waals surface area contributed by atoms with E-state index in [1.807, 2.05) is 31.3 Å². The van der Waals surface area contributed by atoms with Crippen LogP contribution in [0, 0.1) is 11.3 Å².